The number of hydrogen-bond donors (Lipinski definition) is 1. The number of amides is 1. The zero-order valence-corrected chi connectivity index (χ0v) is 14.7. The molecule has 1 N–H and O–H groups in total. The number of hydrogen-bond acceptors (Lipinski definition) is 2. The van der Waals surface area contributed by atoms with E-state index in [0.29, 0.717) is 13.0 Å². The molecule has 1 amide bonds. The van der Waals surface area contributed by atoms with Gasteiger partial charge in [0.05, 0.1) is 7.11 Å². The fourth-order valence-electron chi connectivity index (χ4n) is 3.08. The van der Waals surface area contributed by atoms with Gasteiger partial charge in [-0.05, 0) is 46.9 Å². The Labute approximate surface area is 148 Å². The van der Waals surface area contributed by atoms with Gasteiger partial charge in [-0.25, -0.2) is 0 Å². The molecule has 3 aromatic rings. The Balaban J connectivity index is 1.57. The lowest BCUT2D eigenvalue weighted by Gasteiger charge is -2.10. The third kappa shape index (κ3) is 4.18. The van der Waals surface area contributed by atoms with Crippen LogP contribution in [0.4, 0.5) is 0 Å². The summed E-state index contributed by atoms with van der Waals surface area (Å²) in [5.74, 6) is 0.950. The molecule has 0 saturated carbocycles. The molecule has 0 bridgehead atoms. The minimum Gasteiger partial charge on any atom is -0.496 e. The van der Waals surface area contributed by atoms with E-state index in [1.807, 2.05) is 37.3 Å². The zero-order valence-electron chi connectivity index (χ0n) is 14.7. The van der Waals surface area contributed by atoms with Crippen LogP contribution in [0.3, 0.4) is 0 Å². The van der Waals surface area contributed by atoms with Crippen LogP contribution in [0.5, 0.6) is 5.75 Å². The van der Waals surface area contributed by atoms with Gasteiger partial charge in [-0.2, -0.15) is 0 Å². The molecule has 0 aliphatic rings. The van der Waals surface area contributed by atoms with Crippen LogP contribution in [0.2, 0.25) is 0 Å². The first-order valence-electron chi connectivity index (χ1n) is 8.54. The summed E-state index contributed by atoms with van der Waals surface area (Å²) in [4.78, 5) is 12.2. The average Bonchev–Trinajstić information content (AvgIpc) is 2.64. The molecule has 0 aliphatic heterocycles. The molecule has 3 nitrogen and oxygen atoms in total. The normalized spacial score (nSPS) is 10.6. The Bertz CT molecular complexity index is 881. The zero-order chi connectivity index (χ0) is 17.6. The van der Waals surface area contributed by atoms with Crippen molar-refractivity contribution in [3.05, 3.63) is 77.4 Å². The Morgan fingerprint density at radius 1 is 1.04 bits per heavy atom. The number of ether oxygens (including phenoxy) is 1. The first kappa shape index (κ1) is 17.0. The first-order valence-corrected chi connectivity index (χ1v) is 8.54. The van der Waals surface area contributed by atoms with Crippen molar-refractivity contribution in [1.29, 1.82) is 0 Å². The Morgan fingerprint density at radius 3 is 2.64 bits per heavy atom. The maximum absolute atomic E-state index is 12.2. The minimum absolute atomic E-state index is 0.0707. The second kappa shape index (κ2) is 7.84. The minimum atomic E-state index is 0.0707. The molecule has 0 unspecified atom stereocenters. The molecular weight excluding hydrogens is 310 g/mol. The van der Waals surface area contributed by atoms with Gasteiger partial charge in [0.25, 0.3) is 0 Å². The molecule has 0 saturated heterocycles. The van der Waals surface area contributed by atoms with Gasteiger partial charge in [0.15, 0.2) is 0 Å². The lowest BCUT2D eigenvalue weighted by molar-refractivity contribution is -0.121. The van der Waals surface area contributed by atoms with Gasteiger partial charge >= 0.3 is 0 Å². The number of benzene rings is 3. The molecule has 3 rings (SSSR count). The van der Waals surface area contributed by atoms with Gasteiger partial charge in [0, 0.05) is 13.0 Å². The molecule has 0 heterocycles. The van der Waals surface area contributed by atoms with Crippen LogP contribution >= 0.6 is 0 Å². The molecule has 25 heavy (non-hydrogen) atoms. The van der Waals surface area contributed by atoms with Crippen LogP contribution in [-0.4, -0.2) is 13.0 Å². The van der Waals surface area contributed by atoms with Crippen LogP contribution < -0.4 is 10.1 Å². The van der Waals surface area contributed by atoms with E-state index >= 15 is 0 Å². The summed E-state index contributed by atoms with van der Waals surface area (Å²) in [6, 6.07) is 20.5. The van der Waals surface area contributed by atoms with Crippen LogP contribution in [0.15, 0.2) is 60.7 Å². The fourth-order valence-corrected chi connectivity index (χ4v) is 3.08. The van der Waals surface area contributed by atoms with E-state index in [0.717, 1.165) is 28.9 Å². The Hall–Kier alpha value is -2.81. The second-order valence-electron chi connectivity index (χ2n) is 6.22. The average molecular weight is 333 g/mol. The summed E-state index contributed by atoms with van der Waals surface area (Å²) >= 11 is 0. The quantitative estimate of drug-likeness (QED) is 0.726. The number of methoxy groups -OCH3 is 1. The summed E-state index contributed by atoms with van der Waals surface area (Å²) in [6.07, 6.45) is 1.21. The lowest BCUT2D eigenvalue weighted by atomic mass is 10.0. The van der Waals surface area contributed by atoms with Crippen molar-refractivity contribution in [3.8, 4) is 5.75 Å². The molecule has 0 radical (unpaired) electrons. The second-order valence-corrected chi connectivity index (χ2v) is 6.22. The third-order valence-corrected chi connectivity index (χ3v) is 4.46. The summed E-state index contributed by atoms with van der Waals surface area (Å²) < 4.78 is 5.27. The van der Waals surface area contributed by atoms with Gasteiger partial charge in [0.1, 0.15) is 5.75 Å². The number of aryl methyl sites for hydroxylation is 2. The summed E-state index contributed by atoms with van der Waals surface area (Å²) in [6.45, 7) is 2.57. The summed E-state index contributed by atoms with van der Waals surface area (Å²) in [5.41, 5.74) is 3.39. The lowest BCUT2D eigenvalue weighted by Crippen LogP contribution is -2.23. The smallest absolute Gasteiger partial charge is 0.220 e. The van der Waals surface area contributed by atoms with Gasteiger partial charge in [-0.1, -0.05) is 54.6 Å². The Morgan fingerprint density at radius 2 is 1.84 bits per heavy atom. The maximum atomic E-state index is 12.2. The highest BCUT2D eigenvalue weighted by molar-refractivity contribution is 5.86. The van der Waals surface area contributed by atoms with Crippen molar-refractivity contribution >= 4 is 16.7 Å². The SMILES string of the molecule is COc1ccc(CCC(=O)NCc2cccc3ccccc23)cc1C. The van der Waals surface area contributed by atoms with Gasteiger partial charge < -0.3 is 10.1 Å². The van der Waals surface area contributed by atoms with Crippen molar-refractivity contribution in [1.82, 2.24) is 5.32 Å². The standard InChI is InChI=1S/C22H23NO2/c1-16-14-17(10-12-21(16)25-2)11-13-22(24)23-15-19-8-5-7-18-6-3-4-9-20(18)19/h3-10,12,14H,11,13,15H2,1-2H3,(H,23,24). The highest BCUT2D eigenvalue weighted by Gasteiger charge is 2.06. The topological polar surface area (TPSA) is 38.3 Å². The first-order chi connectivity index (χ1) is 12.2. The molecule has 0 spiro atoms. The van der Waals surface area contributed by atoms with E-state index in [4.69, 9.17) is 4.74 Å². The number of carbonyl (C=O) groups excluding carboxylic acids is 1. The van der Waals surface area contributed by atoms with Crippen LogP contribution in [0, 0.1) is 6.92 Å². The number of fused-ring (bicyclic) bond motifs is 1. The predicted molar refractivity (Wildman–Crippen MR) is 102 cm³/mol. The molecule has 0 aromatic heterocycles. The molecule has 3 aromatic carbocycles. The van der Waals surface area contributed by atoms with Crippen molar-refractivity contribution in [2.24, 2.45) is 0 Å². The highest BCUT2D eigenvalue weighted by Crippen LogP contribution is 2.20. The molecular formula is C22H23NO2. The van der Waals surface area contributed by atoms with Gasteiger partial charge in [-0.15, -0.1) is 0 Å². The fraction of sp³-hybridized carbons (Fsp3) is 0.227. The van der Waals surface area contributed by atoms with Crippen molar-refractivity contribution in [2.75, 3.05) is 7.11 Å². The molecule has 0 atom stereocenters. The number of rotatable bonds is 6. The van der Waals surface area contributed by atoms with Crippen molar-refractivity contribution < 1.29 is 9.53 Å². The number of nitrogens with one attached hydrogen (secondary N) is 1. The van der Waals surface area contributed by atoms with Gasteiger partial charge in [-0.3, -0.25) is 4.79 Å². The highest BCUT2D eigenvalue weighted by atomic mass is 16.5. The summed E-state index contributed by atoms with van der Waals surface area (Å²) in [7, 11) is 1.67. The number of carbonyl (C=O) groups is 1. The third-order valence-electron chi connectivity index (χ3n) is 4.46. The van der Waals surface area contributed by atoms with E-state index in [1.54, 1.807) is 7.11 Å². The maximum Gasteiger partial charge on any atom is 0.220 e. The van der Waals surface area contributed by atoms with Crippen LogP contribution in [0.1, 0.15) is 23.1 Å². The van der Waals surface area contributed by atoms with E-state index in [1.165, 1.54) is 10.8 Å². The molecule has 0 fully saturated rings. The van der Waals surface area contributed by atoms with E-state index in [9.17, 15) is 4.79 Å². The molecule has 0 aliphatic carbocycles. The van der Waals surface area contributed by atoms with E-state index in [2.05, 4.69) is 35.6 Å². The van der Waals surface area contributed by atoms with Crippen LogP contribution in [0.25, 0.3) is 10.8 Å². The van der Waals surface area contributed by atoms with E-state index < -0.39 is 0 Å². The Kier molecular flexibility index (Phi) is 5.34. The summed E-state index contributed by atoms with van der Waals surface area (Å²) in [5, 5.41) is 5.42. The largest absolute Gasteiger partial charge is 0.496 e. The van der Waals surface area contributed by atoms with E-state index in [-0.39, 0.29) is 5.91 Å². The predicted octanol–water partition coefficient (Wildman–Crippen LogP) is 4.41. The van der Waals surface area contributed by atoms with Crippen LogP contribution in [-0.2, 0) is 17.8 Å². The van der Waals surface area contributed by atoms with Crippen molar-refractivity contribution in [2.45, 2.75) is 26.3 Å². The monoisotopic (exact) mass is 333 g/mol. The molecule has 128 valence electrons. The van der Waals surface area contributed by atoms with Crippen molar-refractivity contribution in [3.63, 3.8) is 0 Å². The molecule has 3 heteroatoms. The van der Waals surface area contributed by atoms with Gasteiger partial charge in [0.2, 0.25) is 5.91 Å².